The Labute approximate surface area is 186 Å². The van der Waals surface area contributed by atoms with Crippen LogP contribution < -0.4 is 4.74 Å². The molecule has 5 rings (SSSR count). The van der Waals surface area contributed by atoms with Crippen molar-refractivity contribution in [1.29, 1.82) is 0 Å². The van der Waals surface area contributed by atoms with E-state index in [9.17, 15) is 9.90 Å². The highest BCUT2D eigenvalue weighted by atomic mass is 16.5. The molecule has 0 spiro atoms. The normalized spacial score (nSPS) is 15.1. The molecule has 1 atom stereocenters. The van der Waals surface area contributed by atoms with E-state index in [1.165, 1.54) is 0 Å². The summed E-state index contributed by atoms with van der Waals surface area (Å²) in [6.45, 7) is 2.47. The number of aromatic nitrogens is 2. The van der Waals surface area contributed by atoms with Gasteiger partial charge in [0.1, 0.15) is 17.2 Å². The van der Waals surface area contributed by atoms with Crippen molar-refractivity contribution in [3.63, 3.8) is 0 Å². The number of ether oxygens (including phenoxy) is 1. The monoisotopic (exact) mass is 425 g/mol. The molecular weight excluding hydrogens is 402 g/mol. The van der Waals surface area contributed by atoms with Gasteiger partial charge in [-0.25, -0.2) is 0 Å². The summed E-state index contributed by atoms with van der Waals surface area (Å²) < 4.78 is 5.26. The molecule has 4 aromatic rings. The van der Waals surface area contributed by atoms with Crippen molar-refractivity contribution in [3.8, 4) is 22.8 Å². The maximum atomic E-state index is 13.5. The minimum Gasteiger partial charge on any atom is -0.508 e. The van der Waals surface area contributed by atoms with E-state index in [1.807, 2.05) is 72.5 Å². The zero-order valence-corrected chi connectivity index (χ0v) is 17.9. The van der Waals surface area contributed by atoms with E-state index in [-0.39, 0.29) is 17.7 Å². The Morgan fingerprint density at radius 2 is 1.69 bits per heavy atom. The average Bonchev–Trinajstić information content (AvgIpc) is 3.35. The second-order valence-electron chi connectivity index (χ2n) is 8.00. The van der Waals surface area contributed by atoms with Crippen molar-refractivity contribution >= 4 is 5.91 Å². The van der Waals surface area contributed by atoms with Crippen LogP contribution in [0.2, 0.25) is 0 Å². The fourth-order valence-electron chi connectivity index (χ4n) is 4.22. The Hall–Kier alpha value is -4.06. The first kappa shape index (κ1) is 19.9. The number of aryl methyl sites for hydroxylation is 1. The molecule has 6 nitrogen and oxygen atoms in total. The number of methoxy groups -OCH3 is 1. The second kappa shape index (κ2) is 7.89. The van der Waals surface area contributed by atoms with Crippen LogP contribution in [0.15, 0.2) is 72.8 Å². The molecule has 6 heteroatoms. The molecule has 1 unspecified atom stereocenters. The van der Waals surface area contributed by atoms with Crippen LogP contribution in [-0.2, 0) is 6.54 Å². The lowest BCUT2D eigenvalue weighted by atomic mass is 9.95. The van der Waals surface area contributed by atoms with Gasteiger partial charge in [0.15, 0.2) is 0 Å². The average molecular weight is 425 g/mol. The van der Waals surface area contributed by atoms with Crippen molar-refractivity contribution in [2.24, 2.45) is 0 Å². The third kappa shape index (κ3) is 3.39. The van der Waals surface area contributed by atoms with E-state index >= 15 is 0 Å². The van der Waals surface area contributed by atoms with Gasteiger partial charge in [-0.05, 0) is 42.3 Å². The predicted molar refractivity (Wildman–Crippen MR) is 122 cm³/mol. The molecule has 160 valence electrons. The lowest BCUT2D eigenvalue weighted by molar-refractivity contribution is 0.0730. The Morgan fingerprint density at radius 1 is 1.00 bits per heavy atom. The molecule has 1 amide bonds. The molecule has 0 radical (unpaired) electrons. The molecule has 1 aromatic heterocycles. The van der Waals surface area contributed by atoms with Crippen LogP contribution in [0.4, 0.5) is 0 Å². The lowest BCUT2D eigenvalue weighted by Crippen LogP contribution is -2.29. The van der Waals surface area contributed by atoms with Crippen molar-refractivity contribution in [1.82, 2.24) is 15.1 Å². The van der Waals surface area contributed by atoms with Crippen LogP contribution in [0, 0.1) is 6.92 Å². The Kier molecular flexibility index (Phi) is 4.90. The number of carbonyl (C=O) groups is 1. The van der Waals surface area contributed by atoms with Crippen molar-refractivity contribution in [2.75, 3.05) is 7.11 Å². The number of fused-ring (bicyclic) bond motifs is 1. The van der Waals surface area contributed by atoms with Crippen LogP contribution in [0.25, 0.3) is 11.3 Å². The Morgan fingerprint density at radius 3 is 2.34 bits per heavy atom. The molecule has 0 saturated carbocycles. The number of aromatic amines is 1. The van der Waals surface area contributed by atoms with Gasteiger partial charge in [-0.2, -0.15) is 5.10 Å². The third-order valence-electron chi connectivity index (χ3n) is 5.91. The van der Waals surface area contributed by atoms with Gasteiger partial charge in [-0.3, -0.25) is 9.89 Å². The van der Waals surface area contributed by atoms with Crippen molar-refractivity contribution < 1.29 is 14.6 Å². The standard InChI is InChI=1S/C26H23N3O3/c1-16-3-7-18(8-4-16)23-22-24(28-27-23)26(31)29(15-17-5-13-21(32-2)14-6-17)25(22)19-9-11-20(30)12-10-19/h3-14,25,30H,15H2,1-2H3,(H,27,28). The first-order valence-electron chi connectivity index (χ1n) is 10.4. The summed E-state index contributed by atoms with van der Waals surface area (Å²) in [4.78, 5) is 15.3. The number of nitrogens with one attached hydrogen (secondary N) is 1. The van der Waals surface area contributed by atoms with Crippen LogP contribution >= 0.6 is 0 Å². The minimum atomic E-state index is -0.324. The predicted octanol–water partition coefficient (Wildman–Crippen LogP) is 4.84. The number of H-pyrrole nitrogens is 1. The largest absolute Gasteiger partial charge is 0.508 e. The summed E-state index contributed by atoms with van der Waals surface area (Å²) in [5.41, 5.74) is 6.16. The SMILES string of the molecule is COc1ccc(CN2C(=O)c3[nH]nc(-c4ccc(C)cc4)c3C2c2ccc(O)cc2)cc1. The summed E-state index contributed by atoms with van der Waals surface area (Å²) in [6, 6.07) is 22.5. The zero-order chi connectivity index (χ0) is 22.2. The van der Waals surface area contributed by atoms with Crippen LogP contribution in [-0.4, -0.2) is 33.2 Å². The molecule has 32 heavy (non-hydrogen) atoms. The summed E-state index contributed by atoms with van der Waals surface area (Å²) in [5, 5.41) is 17.3. The van der Waals surface area contributed by atoms with Crippen LogP contribution in [0.5, 0.6) is 11.5 Å². The number of phenolic OH excluding ortho intramolecular Hbond substituents is 1. The van der Waals surface area contributed by atoms with Gasteiger partial charge in [0.2, 0.25) is 0 Å². The van der Waals surface area contributed by atoms with Gasteiger partial charge in [0.05, 0.1) is 18.8 Å². The van der Waals surface area contributed by atoms with Gasteiger partial charge in [-0.1, -0.05) is 54.1 Å². The molecule has 0 fully saturated rings. The minimum absolute atomic E-state index is 0.0974. The first-order valence-corrected chi connectivity index (χ1v) is 10.4. The quantitative estimate of drug-likeness (QED) is 0.479. The maximum absolute atomic E-state index is 13.5. The van der Waals surface area contributed by atoms with Gasteiger partial charge in [0.25, 0.3) is 5.91 Å². The number of amides is 1. The molecule has 2 heterocycles. The maximum Gasteiger partial charge on any atom is 0.273 e. The van der Waals surface area contributed by atoms with Gasteiger partial charge < -0.3 is 14.7 Å². The highest BCUT2D eigenvalue weighted by Crippen LogP contribution is 2.43. The molecule has 0 aliphatic carbocycles. The summed E-state index contributed by atoms with van der Waals surface area (Å²) in [6.07, 6.45) is 0. The van der Waals surface area contributed by atoms with Crippen LogP contribution in [0.1, 0.15) is 38.8 Å². The molecular formula is C26H23N3O3. The number of phenols is 1. The molecule has 1 aliphatic heterocycles. The highest BCUT2D eigenvalue weighted by molar-refractivity contribution is 6.00. The molecule has 0 bridgehead atoms. The number of benzene rings is 3. The van der Waals surface area contributed by atoms with E-state index in [4.69, 9.17) is 4.74 Å². The van der Waals surface area contributed by atoms with Crippen molar-refractivity contribution in [2.45, 2.75) is 19.5 Å². The summed E-state index contributed by atoms with van der Waals surface area (Å²) in [7, 11) is 1.63. The van der Waals surface area contributed by atoms with E-state index < -0.39 is 0 Å². The lowest BCUT2D eigenvalue weighted by Gasteiger charge is -2.26. The number of carbonyl (C=O) groups excluding carboxylic acids is 1. The van der Waals surface area contributed by atoms with E-state index in [0.29, 0.717) is 12.2 Å². The van der Waals surface area contributed by atoms with Gasteiger partial charge in [-0.15, -0.1) is 0 Å². The number of hydrogen-bond acceptors (Lipinski definition) is 4. The van der Waals surface area contributed by atoms with Crippen LogP contribution in [0.3, 0.4) is 0 Å². The highest BCUT2D eigenvalue weighted by Gasteiger charge is 2.42. The number of hydrogen-bond donors (Lipinski definition) is 2. The molecule has 2 N–H and O–H groups in total. The smallest absolute Gasteiger partial charge is 0.273 e. The Bertz CT molecular complexity index is 1260. The van der Waals surface area contributed by atoms with E-state index in [1.54, 1.807) is 19.2 Å². The number of rotatable bonds is 5. The molecule has 3 aromatic carbocycles. The fourth-order valence-corrected chi connectivity index (χ4v) is 4.22. The van der Waals surface area contributed by atoms with E-state index in [2.05, 4.69) is 10.2 Å². The fraction of sp³-hybridized carbons (Fsp3) is 0.154. The molecule has 0 saturated heterocycles. The summed E-state index contributed by atoms with van der Waals surface area (Å²) in [5.74, 6) is 0.860. The molecule has 1 aliphatic rings. The zero-order valence-electron chi connectivity index (χ0n) is 17.9. The Balaban J connectivity index is 1.60. The van der Waals surface area contributed by atoms with Gasteiger partial charge in [0, 0.05) is 17.7 Å². The van der Waals surface area contributed by atoms with Gasteiger partial charge >= 0.3 is 0 Å². The second-order valence-corrected chi connectivity index (χ2v) is 8.00. The topological polar surface area (TPSA) is 78.5 Å². The third-order valence-corrected chi connectivity index (χ3v) is 5.91. The number of aromatic hydroxyl groups is 1. The number of nitrogens with zero attached hydrogens (tertiary/aromatic N) is 2. The summed E-state index contributed by atoms with van der Waals surface area (Å²) >= 11 is 0. The van der Waals surface area contributed by atoms with Crippen molar-refractivity contribution in [3.05, 3.63) is 101 Å². The first-order chi connectivity index (χ1) is 15.5. The van der Waals surface area contributed by atoms with E-state index in [0.717, 1.165) is 39.3 Å².